The highest BCUT2D eigenvalue weighted by atomic mass is 16.5. The van der Waals surface area contributed by atoms with Crippen LogP contribution in [0.5, 0.6) is 40.2 Å². The molecule has 0 N–H and O–H groups in total. The molecule has 9 nitrogen and oxygen atoms in total. The van der Waals surface area contributed by atoms with Crippen molar-refractivity contribution in [1.29, 1.82) is 0 Å². The number of methoxy groups -OCH3 is 5. The summed E-state index contributed by atoms with van der Waals surface area (Å²) in [7, 11) is 7.65. The number of rotatable bonds is 7. The molecule has 0 bridgehead atoms. The van der Waals surface area contributed by atoms with E-state index in [1.54, 1.807) is 56.7 Å². The zero-order valence-electron chi connectivity index (χ0n) is 21.6. The molecule has 9 heteroatoms. The van der Waals surface area contributed by atoms with Crippen molar-refractivity contribution in [2.75, 3.05) is 35.5 Å². The van der Waals surface area contributed by atoms with Crippen LogP contribution in [0, 0.1) is 0 Å². The zero-order chi connectivity index (χ0) is 27.0. The lowest BCUT2D eigenvalue weighted by Gasteiger charge is -2.27. The standard InChI is InChI=1S/C29H26O9/c1-32-16-7-8-17(22(13-16)34-3)19-14-24(30)37-20-11-9-18-26(31)23(38-28(18)25(19)20)12-15-6-10-21(33-2)29(36-5)27(15)35-4/h6-13,19H,14H2,1-5H3/b23-12-. The molecule has 2 aliphatic rings. The van der Waals surface area contributed by atoms with Gasteiger partial charge in [0.05, 0.1) is 47.5 Å². The average molecular weight is 519 g/mol. The highest BCUT2D eigenvalue weighted by Crippen LogP contribution is 2.51. The average Bonchev–Trinajstić information content (AvgIpc) is 3.26. The molecule has 2 heterocycles. The van der Waals surface area contributed by atoms with Crippen molar-refractivity contribution in [2.24, 2.45) is 0 Å². The molecule has 1 unspecified atom stereocenters. The van der Waals surface area contributed by atoms with Crippen LogP contribution in [0.3, 0.4) is 0 Å². The van der Waals surface area contributed by atoms with Crippen LogP contribution in [0.4, 0.5) is 0 Å². The van der Waals surface area contributed by atoms with E-state index in [2.05, 4.69) is 0 Å². The predicted molar refractivity (Wildman–Crippen MR) is 137 cm³/mol. The summed E-state index contributed by atoms with van der Waals surface area (Å²) in [6.07, 6.45) is 1.64. The predicted octanol–water partition coefficient (Wildman–Crippen LogP) is 4.79. The van der Waals surface area contributed by atoms with E-state index in [4.69, 9.17) is 33.2 Å². The molecule has 0 amide bonds. The maximum atomic E-state index is 13.4. The summed E-state index contributed by atoms with van der Waals surface area (Å²) in [5.74, 6) is 2.03. The lowest BCUT2D eigenvalue weighted by Crippen LogP contribution is -2.22. The molecule has 0 aliphatic carbocycles. The number of hydrogen-bond donors (Lipinski definition) is 0. The van der Waals surface area contributed by atoms with E-state index in [0.29, 0.717) is 56.9 Å². The van der Waals surface area contributed by atoms with Crippen LogP contribution >= 0.6 is 0 Å². The van der Waals surface area contributed by atoms with E-state index in [1.807, 2.05) is 6.07 Å². The van der Waals surface area contributed by atoms with Gasteiger partial charge in [0.2, 0.25) is 11.5 Å². The Morgan fingerprint density at radius 3 is 2.24 bits per heavy atom. The molecular weight excluding hydrogens is 492 g/mol. The van der Waals surface area contributed by atoms with Crippen LogP contribution in [-0.2, 0) is 4.79 Å². The van der Waals surface area contributed by atoms with Gasteiger partial charge in [-0.1, -0.05) is 6.07 Å². The lowest BCUT2D eigenvalue weighted by molar-refractivity contribution is -0.135. The number of esters is 1. The van der Waals surface area contributed by atoms with Gasteiger partial charge in [-0.3, -0.25) is 9.59 Å². The monoisotopic (exact) mass is 518 g/mol. The Kier molecular flexibility index (Phi) is 6.59. The highest BCUT2D eigenvalue weighted by molar-refractivity contribution is 6.15. The first kappa shape index (κ1) is 25.0. The van der Waals surface area contributed by atoms with Gasteiger partial charge in [-0.05, 0) is 36.4 Å². The summed E-state index contributed by atoms with van der Waals surface area (Å²) in [5.41, 5.74) is 2.27. The van der Waals surface area contributed by atoms with Gasteiger partial charge in [0.1, 0.15) is 23.0 Å². The molecule has 3 aromatic carbocycles. The molecule has 5 rings (SSSR count). The molecule has 0 spiro atoms. The van der Waals surface area contributed by atoms with Gasteiger partial charge in [-0.25, -0.2) is 0 Å². The summed E-state index contributed by atoms with van der Waals surface area (Å²) in [4.78, 5) is 26.0. The fraction of sp³-hybridized carbons (Fsp3) is 0.241. The molecule has 38 heavy (non-hydrogen) atoms. The summed E-state index contributed by atoms with van der Waals surface area (Å²) in [5, 5.41) is 0. The Morgan fingerprint density at radius 2 is 1.55 bits per heavy atom. The quantitative estimate of drug-likeness (QED) is 0.248. The molecule has 0 fully saturated rings. The molecule has 0 radical (unpaired) electrons. The second kappa shape index (κ2) is 10.0. The largest absolute Gasteiger partial charge is 0.497 e. The van der Waals surface area contributed by atoms with Crippen LogP contribution in [0.25, 0.3) is 6.08 Å². The summed E-state index contributed by atoms with van der Waals surface area (Å²) in [6, 6.07) is 12.1. The van der Waals surface area contributed by atoms with Gasteiger partial charge in [0.25, 0.3) is 0 Å². The van der Waals surface area contributed by atoms with Crippen molar-refractivity contribution in [2.45, 2.75) is 12.3 Å². The summed E-state index contributed by atoms with van der Waals surface area (Å²) >= 11 is 0. The normalized spacial score (nSPS) is 16.8. The van der Waals surface area contributed by atoms with Gasteiger partial charge in [-0.2, -0.15) is 0 Å². The molecule has 1 atom stereocenters. The number of ether oxygens (including phenoxy) is 7. The first-order chi connectivity index (χ1) is 18.4. The second-order valence-electron chi connectivity index (χ2n) is 8.56. The van der Waals surface area contributed by atoms with E-state index < -0.39 is 11.9 Å². The number of carbonyl (C=O) groups excluding carboxylic acids is 2. The van der Waals surface area contributed by atoms with E-state index in [0.717, 1.165) is 5.56 Å². The third-order valence-corrected chi connectivity index (χ3v) is 6.62. The van der Waals surface area contributed by atoms with Crippen molar-refractivity contribution in [3.8, 4) is 40.2 Å². The number of hydrogen-bond acceptors (Lipinski definition) is 9. The number of benzene rings is 3. The third-order valence-electron chi connectivity index (χ3n) is 6.62. The van der Waals surface area contributed by atoms with E-state index in [9.17, 15) is 9.59 Å². The SMILES string of the molecule is COc1ccc(C2CC(=O)Oc3ccc4c(c32)O/C(=C\c2ccc(OC)c(OC)c2OC)C4=O)c(OC)c1. The van der Waals surface area contributed by atoms with Crippen molar-refractivity contribution in [3.63, 3.8) is 0 Å². The van der Waals surface area contributed by atoms with E-state index >= 15 is 0 Å². The fourth-order valence-electron chi connectivity index (χ4n) is 4.86. The molecule has 3 aromatic rings. The maximum Gasteiger partial charge on any atom is 0.312 e. The van der Waals surface area contributed by atoms with Crippen molar-refractivity contribution >= 4 is 17.8 Å². The van der Waals surface area contributed by atoms with Gasteiger partial charge < -0.3 is 33.2 Å². The lowest BCUT2D eigenvalue weighted by atomic mass is 9.84. The number of Topliss-reactive ketones (excluding diaryl/α,β-unsaturated/α-hetero) is 1. The highest BCUT2D eigenvalue weighted by Gasteiger charge is 2.39. The van der Waals surface area contributed by atoms with Crippen molar-refractivity contribution in [1.82, 2.24) is 0 Å². The van der Waals surface area contributed by atoms with Crippen LogP contribution < -0.4 is 33.2 Å². The number of carbonyl (C=O) groups is 2. The smallest absolute Gasteiger partial charge is 0.312 e. The molecular formula is C29H26O9. The van der Waals surface area contributed by atoms with Gasteiger partial charge in [0.15, 0.2) is 17.3 Å². The number of ketones is 1. The van der Waals surface area contributed by atoms with Crippen LogP contribution in [0.1, 0.15) is 39.4 Å². The van der Waals surface area contributed by atoms with Crippen molar-refractivity contribution in [3.05, 3.63) is 70.5 Å². The first-order valence-corrected chi connectivity index (χ1v) is 11.8. The fourth-order valence-corrected chi connectivity index (χ4v) is 4.86. The number of allylic oxidation sites excluding steroid dienone is 1. The zero-order valence-corrected chi connectivity index (χ0v) is 21.6. The second-order valence-corrected chi connectivity index (χ2v) is 8.56. The molecule has 0 aromatic heterocycles. The van der Waals surface area contributed by atoms with Gasteiger partial charge >= 0.3 is 5.97 Å². The molecule has 196 valence electrons. The van der Waals surface area contributed by atoms with Gasteiger partial charge in [-0.15, -0.1) is 0 Å². The van der Waals surface area contributed by atoms with Crippen LogP contribution in [-0.4, -0.2) is 47.3 Å². The Balaban J connectivity index is 1.62. The minimum Gasteiger partial charge on any atom is -0.497 e. The van der Waals surface area contributed by atoms with Crippen LogP contribution in [0.15, 0.2) is 48.2 Å². The third kappa shape index (κ3) is 4.06. The molecule has 0 saturated carbocycles. The summed E-state index contributed by atoms with van der Waals surface area (Å²) < 4.78 is 39.0. The minimum absolute atomic E-state index is 0.0479. The molecule has 0 saturated heterocycles. The van der Waals surface area contributed by atoms with E-state index in [1.165, 1.54) is 21.3 Å². The number of fused-ring (bicyclic) bond motifs is 3. The first-order valence-electron chi connectivity index (χ1n) is 11.8. The maximum absolute atomic E-state index is 13.4. The van der Waals surface area contributed by atoms with Crippen molar-refractivity contribution < 1.29 is 42.7 Å². The molecule has 2 aliphatic heterocycles. The van der Waals surface area contributed by atoms with E-state index in [-0.39, 0.29) is 18.0 Å². The Bertz CT molecular complexity index is 1470. The Labute approximate surface area is 219 Å². The van der Waals surface area contributed by atoms with Gasteiger partial charge in [0, 0.05) is 28.7 Å². The van der Waals surface area contributed by atoms with Crippen LogP contribution in [0.2, 0.25) is 0 Å². The Hall–Kier alpha value is -4.66. The summed E-state index contributed by atoms with van der Waals surface area (Å²) in [6.45, 7) is 0. The minimum atomic E-state index is -0.468. The topological polar surface area (TPSA) is 98.8 Å². The Morgan fingerprint density at radius 1 is 0.789 bits per heavy atom.